The van der Waals surface area contributed by atoms with Crippen LogP contribution in [0.4, 0.5) is 17.1 Å². The fraction of sp³-hybridized carbons (Fsp3) is 0.0943. The van der Waals surface area contributed by atoms with Gasteiger partial charge in [-0.3, -0.25) is 0 Å². The van der Waals surface area contributed by atoms with Gasteiger partial charge in [-0.15, -0.1) is 0 Å². The van der Waals surface area contributed by atoms with E-state index < -0.39 is 12.3 Å². The Morgan fingerprint density at radius 2 is 0.870 bits per heavy atom. The lowest BCUT2D eigenvalue weighted by Gasteiger charge is -2.32. The molecule has 1 nitrogen and oxygen atoms in total. The topological polar surface area (TPSA) is 3.24 Å². The van der Waals surface area contributed by atoms with E-state index in [-0.39, 0.29) is 5.41 Å². The Morgan fingerprint density at radius 1 is 0.370 bits per heavy atom. The minimum absolute atomic E-state index is 0.102. The molecule has 1 spiro atoms. The summed E-state index contributed by atoms with van der Waals surface area (Å²) in [4.78, 5) is 2.39. The lowest BCUT2D eigenvalue weighted by Crippen LogP contribution is -2.26. The van der Waals surface area contributed by atoms with Gasteiger partial charge in [0.05, 0.1) is 5.41 Å². The summed E-state index contributed by atoms with van der Waals surface area (Å²) in [6, 6.07) is 65.5. The van der Waals surface area contributed by atoms with Gasteiger partial charge in [0.1, 0.15) is 0 Å². The van der Waals surface area contributed by atoms with Crippen molar-refractivity contribution >= 4 is 17.1 Å². The quantitative estimate of drug-likeness (QED) is 0.177. The van der Waals surface area contributed by atoms with Crippen LogP contribution in [-0.2, 0) is 10.8 Å². The summed E-state index contributed by atoms with van der Waals surface area (Å²) >= 11 is 0. The van der Waals surface area contributed by atoms with Gasteiger partial charge in [0.25, 0.3) is 0 Å². The zero-order valence-corrected chi connectivity index (χ0v) is 30.3. The van der Waals surface area contributed by atoms with Crippen LogP contribution in [0.2, 0.25) is 0 Å². The van der Waals surface area contributed by atoms with Crippen LogP contribution in [0.25, 0.3) is 44.5 Å². The first kappa shape index (κ1) is 28.1. The Labute approximate surface area is 322 Å². The third-order valence-electron chi connectivity index (χ3n) is 12.4. The second-order valence-electron chi connectivity index (χ2n) is 15.5. The van der Waals surface area contributed by atoms with Crippen LogP contribution in [0.5, 0.6) is 0 Å². The van der Waals surface area contributed by atoms with Gasteiger partial charge >= 0.3 is 0 Å². The smallest absolute Gasteiger partial charge is 0.0726 e. The van der Waals surface area contributed by atoms with E-state index in [1.54, 1.807) is 12.1 Å². The van der Waals surface area contributed by atoms with Gasteiger partial charge in [0.15, 0.2) is 0 Å². The molecule has 0 amide bonds. The van der Waals surface area contributed by atoms with Crippen molar-refractivity contribution < 1.29 is 4.11 Å². The molecule has 0 saturated heterocycles. The number of anilines is 3. The Kier molecular flexibility index (Phi) is 5.87. The minimum atomic E-state index is -2.17. The second-order valence-corrected chi connectivity index (χ2v) is 15.5. The van der Waals surface area contributed by atoms with Crippen LogP contribution in [0.1, 0.15) is 56.9 Å². The number of fused-ring (bicyclic) bond motifs is 13. The maximum atomic E-state index is 8.00. The van der Waals surface area contributed by atoms with Crippen molar-refractivity contribution in [1.29, 1.82) is 0 Å². The Morgan fingerprint density at radius 3 is 1.50 bits per heavy atom. The molecule has 1 heteroatoms. The molecule has 8 aromatic rings. The van der Waals surface area contributed by atoms with Crippen molar-refractivity contribution in [2.75, 3.05) is 4.90 Å². The largest absolute Gasteiger partial charge is 0.310 e. The van der Waals surface area contributed by atoms with Crippen LogP contribution in [0.15, 0.2) is 182 Å². The van der Waals surface area contributed by atoms with E-state index in [2.05, 4.69) is 176 Å². The number of hydrogen-bond donors (Lipinski definition) is 0. The van der Waals surface area contributed by atoms with Crippen molar-refractivity contribution in [2.45, 2.75) is 31.5 Å². The van der Waals surface area contributed by atoms with E-state index in [9.17, 15) is 0 Å². The van der Waals surface area contributed by atoms with E-state index in [1.807, 2.05) is 12.1 Å². The van der Waals surface area contributed by atoms with Gasteiger partial charge in [0.2, 0.25) is 0 Å². The number of hydrogen-bond acceptors (Lipinski definition) is 1. The van der Waals surface area contributed by atoms with Gasteiger partial charge in [-0.05, 0) is 121 Å². The number of nitrogens with zero attached hydrogens (tertiary/aromatic N) is 1. The third-order valence-corrected chi connectivity index (χ3v) is 12.4. The molecule has 11 rings (SSSR count). The Hall–Kier alpha value is -6.44. The second kappa shape index (κ2) is 11.3. The normalized spacial score (nSPS) is 15.6. The number of aryl methyl sites for hydroxylation is 1. The molecule has 256 valence electrons. The summed E-state index contributed by atoms with van der Waals surface area (Å²) in [5, 5.41) is 0. The highest BCUT2D eigenvalue weighted by Gasteiger charge is 2.51. The molecule has 0 N–H and O–H groups in total. The molecule has 0 atom stereocenters. The molecule has 0 aromatic heterocycles. The summed E-state index contributed by atoms with van der Waals surface area (Å²) in [5.74, 6) is 0. The summed E-state index contributed by atoms with van der Waals surface area (Å²) in [6.45, 7) is 2.48. The zero-order chi connectivity index (χ0) is 38.7. The van der Waals surface area contributed by atoms with E-state index in [0.717, 1.165) is 28.2 Å². The Bertz CT molecular complexity index is 2870. The molecule has 0 fully saturated rings. The fourth-order valence-electron chi connectivity index (χ4n) is 10.0. The predicted octanol–water partition coefficient (Wildman–Crippen LogP) is 13.8. The monoisotopic (exact) mass is 692 g/mol. The molecule has 0 unspecified atom stereocenters. The van der Waals surface area contributed by atoms with Gasteiger partial charge in [-0.25, -0.2) is 0 Å². The first-order valence-corrected chi connectivity index (χ1v) is 18.8. The highest BCUT2D eigenvalue weighted by Crippen LogP contribution is 2.63. The van der Waals surface area contributed by atoms with Crippen LogP contribution >= 0.6 is 0 Å². The van der Waals surface area contributed by atoms with E-state index in [0.29, 0.717) is 5.56 Å². The van der Waals surface area contributed by atoms with Crippen LogP contribution < -0.4 is 4.90 Å². The van der Waals surface area contributed by atoms with E-state index in [4.69, 9.17) is 4.11 Å². The van der Waals surface area contributed by atoms with Crippen molar-refractivity contribution in [3.8, 4) is 44.5 Å². The summed E-state index contributed by atoms with van der Waals surface area (Å²) < 4.78 is 24.0. The summed E-state index contributed by atoms with van der Waals surface area (Å²) in [7, 11) is 0. The van der Waals surface area contributed by atoms with Crippen LogP contribution in [-0.4, -0.2) is 0 Å². The van der Waals surface area contributed by atoms with Crippen LogP contribution in [0.3, 0.4) is 0 Å². The minimum Gasteiger partial charge on any atom is -0.310 e. The molecule has 0 saturated carbocycles. The van der Waals surface area contributed by atoms with Gasteiger partial charge in [-0.2, -0.15) is 0 Å². The zero-order valence-electron chi connectivity index (χ0n) is 33.3. The van der Waals surface area contributed by atoms with Crippen molar-refractivity contribution in [2.24, 2.45) is 0 Å². The molecular formula is C53H39N. The van der Waals surface area contributed by atoms with Crippen molar-refractivity contribution in [3.63, 3.8) is 0 Å². The third kappa shape index (κ3) is 4.15. The first-order chi connectivity index (χ1) is 27.7. The molecule has 54 heavy (non-hydrogen) atoms. The number of rotatable bonds is 4. The molecular weight excluding hydrogens is 651 g/mol. The molecule has 0 heterocycles. The van der Waals surface area contributed by atoms with Crippen molar-refractivity contribution in [1.82, 2.24) is 0 Å². The molecule has 3 aliphatic rings. The molecule has 3 aliphatic carbocycles. The number of benzene rings is 8. The van der Waals surface area contributed by atoms with Gasteiger partial charge in [0, 0.05) is 26.6 Å². The lowest BCUT2D eigenvalue weighted by atomic mass is 9.70. The summed E-state index contributed by atoms with van der Waals surface area (Å²) in [6.07, 6.45) is 0. The Balaban J connectivity index is 1.13. The van der Waals surface area contributed by atoms with Crippen molar-refractivity contribution in [3.05, 3.63) is 221 Å². The standard InChI is InChI=1S/C53H39N/c1-34-13-12-14-36(31-34)35-23-25-37(26-24-35)54(38-28-30-47-45(32-38)43-18-4-8-19-46(43)52(47,2)3)39-27-29-44-42-17-7-11-22-50(42)53(51(44)33-39)48-20-9-5-15-40(48)41-16-6-10-21-49(41)53/h4-33H,1-3H3/i1D3. The fourth-order valence-corrected chi connectivity index (χ4v) is 10.0. The van der Waals surface area contributed by atoms with Gasteiger partial charge < -0.3 is 4.90 Å². The molecule has 0 radical (unpaired) electrons. The van der Waals surface area contributed by atoms with Gasteiger partial charge in [-0.1, -0.05) is 165 Å². The SMILES string of the molecule is [2H]C([2H])([2H])c1cccc(-c2ccc(N(c3ccc4c(c3)-c3ccccc3C4(C)C)c3ccc4c(c3)C3(c5ccccc5-c5ccccc53)c3ccccc3-4)cc2)c1. The lowest BCUT2D eigenvalue weighted by molar-refractivity contribution is 0.660. The maximum absolute atomic E-state index is 8.00. The maximum Gasteiger partial charge on any atom is 0.0726 e. The average molecular weight is 693 g/mol. The highest BCUT2D eigenvalue weighted by atomic mass is 15.1. The molecule has 0 bridgehead atoms. The van der Waals surface area contributed by atoms with E-state index in [1.165, 1.54) is 66.8 Å². The summed E-state index contributed by atoms with van der Waals surface area (Å²) in [5.41, 5.74) is 20.4. The molecule has 0 aliphatic heterocycles. The predicted molar refractivity (Wildman–Crippen MR) is 225 cm³/mol. The molecule has 8 aromatic carbocycles. The average Bonchev–Trinajstić information content (AvgIpc) is 3.79. The van der Waals surface area contributed by atoms with E-state index >= 15 is 0 Å². The highest BCUT2D eigenvalue weighted by molar-refractivity contribution is 5.96. The first-order valence-electron chi connectivity index (χ1n) is 20.3. The van der Waals surface area contributed by atoms with Crippen LogP contribution in [0, 0.1) is 6.85 Å².